The highest BCUT2D eigenvalue weighted by Crippen LogP contribution is 2.30. The van der Waals surface area contributed by atoms with Crippen LogP contribution in [0, 0.1) is 13.8 Å². The summed E-state index contributed by atoms with van der Waals surface area (Å²) in [6.07, 6.45) is 7.70. The fraction of sp³-hybridized carbons (Fsp3) is 0.267. The van der Waals surface area contributed by atoms with Crippen molar-refractivity contribution in [1.82, 2.24) is 25.3 Å². The topological polar surface area (TPSA) is 104 Å². The minimum Gasteiger partial charge on any atom is -0.386 e. The van der Waals surface area contributed by atoms with E-state index in [1.165, 1.54) is 0 Å². The number of fused-ring (bicyclic) bond motifs is 2. The minimum atomic E-state index is -1.04. The summed E-state index contributed by atoms with van der Waals surface area (Å²) in [6, 6.07) is 11.7. The second-order valence-electron chi connectivity index (χ2n) is 9.89. The van der Waals surface area contributed by atoms with E-state index in [-0.39, 0.29) is 13.3 Å². The fourth-order valence-corrected chi connectivity index (χ4v) is 4.47. The van der Waals surface area contributed by atoms with Crippen molar-refractivity contribution >= 4 is 27.8 Å². The molecule has 5 aromatic rings. The fourth-order valence-electron chi connectivity index (χ4n) is 4.47. The number of hydrogen-bond donors (Lipinski definition) is 3. The standard InChI is InChI=1S/C29H29N5O2.CH4/c1-17-7-22-8-19(11-25(29(3,4)36)26(22)31-13-17)9-23-12-21(5-6-30-23)28(35)34-16-20-10-24-18(2)14-32-27(24)33-15-20;/h5-8,10-15,36H,9,16H2,1-4H3,(H,32,33)(H,34,35);1H4. The van der Waals surface area contributed by atoms with Gasteiger partial charge in [-0.3, -0.25) is 14.8 Å². The maximum absolute atomic E-state index is 12.9. The zero-order chi connectivity index (χ0) is 25.4. The van der Waals surface area contributed by atoms with Gasteiger partial charge in [-0.05, 0) is 80.3 Å². The van der Waals surface area contributed by atoms with Crippen molar-refractivity contribution in [3.05, 3.63) is 100 Å². The van der Waals surface area contributed by atoms with Crippen LogP contribution in [0.15, 0.2) is 61.2 Å². The molecule has 0 radical (unpaired) electrons. The van der Waals surface area contributed by atoms with Gasteiger partial charge in [0, 0.05) is 65.3 Å². The molecule has 0 bridgehead atoms. The summed E-state index contributed by atoms with van der Waals surface area (Å²) < 4.78 is 0. The Balaban J connectivity index is 0.00000320. The van der Waals surface area contributed by atoms with E-state index in [0.29, 0.717) is 18.5 Å². The highest BCUT2D eigenvalue weighted by atomic mass is 16.3. The number of nitrogens with one attached hydrogen (secondary N) is 2. The average molecular weight is 496 g/mol. The molecule has 1 aromatic carbocycles. The lowest BCUT2D eigenvalue weighted by Crippen LogP contribution is -2.23. The van der Waals surface area contributed by atoms with E-state index in [9.17, 15) is 9.90 Å². The largest absolute Gasteiger partial charge is 0.386 e. The predicted molar refractivity (Wildman–Crippen MR) is 147 cm³/mol. The van der Waals surface area contributed by atoms with Crippen LogP contribution >= 0.6 is 0 Å². The third-order valence-electron chi connectivity index (χ3n) is 6.35. The van der Waals surface area contributed by atoms with Crippen LogP contribution < -0.4 is 5.32 Å². The van der Waals surface area contributed by atoms with Crippen molar-refractivity contribution in [2.24, 2.45) is 0 Å². The van der Waals surface area contributed by atoms with Crippen molar-refractivity contribution in [3.63, 3.8) is 0 Å². The van der Waals surface area contributed by atoms with Crippen LogP contribution in [-0.2, 0) is 18.6 Å². The van der Waals surface area contributed by atoms with Crippen LogP contribution in [-0.4, -0.2) is 30.9 Å². The quantitative estimate of drug-likeness (QED) is 0.288. The van der Waals surface area contributed by atoms with Crippen LogP contribution in [0.5, 0.6) is 0 Å². The lowest BCUT2D eigenvalue weighted by atomic mass is 9.91. The van der Waals surface area contributed by atoms with Gasteiger partial charge in [-0.1, -0.05) is 13.5 Å². The molecule has 37 heavy (non-hydrogen) atoms. The number of carbonyl (C=O) groups is 1. The Morgan fingerprint density at radius 2 is 1.84 bits per heavy atom. The second-order valence-corrected chi connectivity index (χ2v) is 9.89. The van der Waals surface area contributed by atoms with E-state index in [0.717, 1.165) is 55.4 Å². The normalized spacial score (nSPS) is 11.5. The van der Waals surface area contributed by atoms with E-state index >= 15 is 0 Å². The molecule has 1 amide bonds. The van der Waals surface area contributed by atoms with Crippen LogP contribution in [0.1, 0.15) is 65.1 Å². The Labute approximate surface area is 217 Å². The number of hydrogen-bond acceptors (Lipinski definition) is 5. The molecule has 0 saturated heterocycles. The van der Waals surface area contributed by atoms with Crippen molar-refractivity contribution in [3.8, 4) is 0 Å². The molecule has 4 heterocycles. The van der Waals surface area contributed by atoms with E-state index in [4.69, 9.17) is 0 Å². The number of aryl methyl sites for hydroxylation is 2. The summed E-state index contributed by atoms with van der Waals surface area (Å²) in [6.45, 7) is 7.94. The van der Waals surface area contributed by atoms with E-state index in [2.05, 4.69) is 37.4 Å². The zero-order valence-electron chi connectivity index (χ0n) is 20.9. The summed E-state index contributed by atoms with van der Waals surface area (Å²) in [5.74, 6) is -0.167. The number of amides is 1. The monoisotopic (exact) mass is 495 g/mol. The Morgan fingerprint density at radius 1 is 1.03 bits per heavy atom. The van der Waals surface area contributed by atoms with E-state index in [1.54, 1.807) is 32.3 Å². The number of H-pyrrole nitrogens is 1. The first-order valence-electron chi connectivity index (χ1n) is 12.0. The molecule has 0 atom stereocenters. The number of nitrogens with zero attached hydrogens (tertiary/aromatic N) is 3. The molecule has 0 saturated carbocycles. The highest BCUT2D eigenvalue weighted by molar-refractivity contribution is 5.94. The van der Waals surface area contributed by atoms with Gasteiger partial charge in [0.05, 0.1) is 11.1 Å². The molecule has 0 aliphatic rings. The third-order valence-corrected chi connectivity index (χ3v) is 6.35. The average Bonchev–Trinajstić information content (AvgIpc) is 3.21. The number of aliphatic hydroxyl groups is 1. The third kappa shape index (κ3) is 5.52. The van der Waals surface area contributed by atoms with Crippen LogP contribution in [0.3, 0.4) is 0 Å². The molecule has 5 rings (SSSR count). The molecule has 7 nitrogen and oxygen atoms in total. The zero-order valence-corrected chi connectivity index (χ0v) is 20.9. The van der Waals surface area contributed by atoms with Gasteiger partial charge in [0.2, 0.25) is 0 Å². The molecular weight excluding hydrogens is 462 g/mol. The summed E-state index contributed by atoms with van der Waals surface area (Å²) in [5, 5.41) is 15.8. The molecule has 7 heteroatoms. The number of rotatable bonds is 6. The molecule has 0 aliphatic carbocycles. The van der Waals surface area contributed by atoms with Gasteiger partial charge in [-0.2, -0.15) is 0 Å². The Hall–Kier alpha value is -4.10. The molecule has 0 aliphatic heterocycles. The van der Waals surface area contributed by atoms with Gasteiger partial charge in [0.1, 0.15) is 5.65 Å². The SMILES string of the molecule is C.Cc1cnc2c(C(C)(C)O)cc(Cc3cc(C(=O)NCc4cnc5[nH]cc(C)c5c4)ccn3)cc2c1. The first-order chi connectivity index (χ1) is 17.2. The van der Waals surface area contributed by atoms with Crippen LogP contribution in [0.2, 0.25) is 0 Å². The summed E-state index contributed by atoms with van der Waals surface area (Å²) in [5.41, 5.74) is 6.80. The Bertz CT molecular complexity index is 1600. The minimum absolute atomic E-state index is 0. The molecular formula is C30H33N5O2. The summed E-state index contributed by atoms with van der Waals surface area (Å²) in [7, 11) is 0. The van der Waals surface area contributed by atoms with E-state index < -0.39 is 5.60 Å². The van der Waals surface area contributed by atoms with Gasteiger partial charge in [0.15, 0.2) is 0 Å². The van der Waals surface area contributed by atoms with Crippen LogP contribution in [0.4, 0.5) is 0 Å². The van der Waals surface area contributed by atoms with Crippen LogP contribution in [0.25, 0.3) is 21.9 Å². The number of pyridine rings is 3. The summed E-state index contributed by atoms with van der Waals surface area (Å²) in [4.78, 5) is 29.5. The highest BCUT2D eigenvalue weighted by Gasteiger charge is 2.21. The number of carbonyl (C=O) groups excluding carboxylic acids is 1. The van der Waals surface area contributed by atoms with Crippen molar-refractivity contribution < 1.29 is 9.90 Å². The first-order valence-corrected chi connectivity index (χ1v) is 12.0. The molecule has 0 fully saturated rings. The number of benzene rings is 1. The number of aromatic amines is 1. The maximum Gasteiger partial charge on any atom is 0.251 e. The lowest BCUT2D eigenvalue weighted by Gasteiger charge is -2.21. The Morgan fingerprint density at radius 3 is 2.62 bits per heavy atom. The van der Waals surface area contributed by atoms with E-state index in [1.807, 2.05) is 44.4 Å². The maximum atomic E-state index is 12.9. The van der Waals surface area contributed by atoms with Crippen molar-refractivity contribution in [2.75, 3.05) is 0 Å². The molecule has 0 spiro atoms. The smallest absolute Gasteiger partial charge is 0.251 e. The summed E-state index contributed by atoms with van der Waals surface area (Å²) >= 11 is 0. The number of aromatic nitrogens is 4. The Kier molecular flexibility index (Phi) is 7.09. The first kappa shape index (κ1) is 26.0. The second kappa shape index (κ2) is 10.1. The molecule has 3 N–H and O–H groups in total. The van der Waals surface area contributed by atoms with Gasteiger partial charge in [-0.15, -0.1) is 0 Å². The van der Waals surface area contributed by atoms with Gasteiger partial charge >= 0.3 is 0 Å². The van der Waals surface area contributed by atoms with Crippen molar-refractivity contribution in [2.45, 2.75) is 53.7 Å². The van der Waals surface area contributed by atoms with Gasteiger partial charge < -0.3 is 15.4 Å². The lowest BCUT2D eigenvalue weighted by molar-refractivity contribution is 0.0799. The molecule has 190 valence electrons. The van der Waals surface area contributed by atoms with Crippen molar-refractivity contribution in [1.29, 1.82) is 0 Å². The van der Waals surface area contributed by atoms with Gasteiger partial charge in [0.25, 0.3) is 5.91 Å². The van der Waals surface area contributed by atoms with Gasteiger partial charge in [-0.25, -0.2) is 4.98 Å². The predicted octanol–water partition coefficient (Wildman–Crippen LogP) is 5.51. The molecule has 0 unspecified atom stereocenters. The molecule has 4 aromatic heterocycles.